The van der Waals surface area contributed by atoms with Crippen LogP contribution in [0.1, 0.15) is 25.0 Å². The van der Waals surface area contributed by atoms with E-state index in [1.165, 1.54) is 0 Å². The first-order valence-electron chi connectivity index (χ1n) is 6.82. The van der Waals surface area contributed by atoms with Crippen molar-refractivity contribution >= 4 is 11.4 Å². The molecule has 0 unspecified atom stereocenters. The van der Waals surface area contributed by atoms with Crippen molar-refractivity contribution in [3.8, 4) is 5.75 Å². The Balaban J connectivity index is 2.34. The highest BCUT2D eigenvalue weighted by Crippen LogP contribution is 2.32. The lowest BCUT2D eigenvalue weighted by molar-refractivity contribution is 0.174. The molecule has 3 heteroatoms. The van der Waals surface area contributed by atoms with Gasteiger partial charge in [0.15, 0.2) is 0 Å². The Morgan fingerprint density at radius 1 is 1.10 bits per heavy atom. The summed E-state index contributed by atoms with van der Waals surface area (Å²) in [6.07, 6.45) is 0.264. The van der Waals surface area contributed by atoms with Crippen LogP contribution in [0, 0.1) is 0 Å². The molecule has 2 aromatic rings. The summed E-state index contributed by atoms with van der Waals surface area (Å²) >= 11 is 0. The molecule has 0 saturated carbocycles. The summed E-state index contributed by atoms with van der Waals surface area (Å²) in [5.41, 5.74) is 3.03. The van der Waals surface area contributed by atoms with Gasteiger partial charge in [0.25, 0.3) is 0 Å². The molecule has 0 spiro atoms. The Labute approximate surface area is 120 Å². The lowest BCUT2D eigenvalue weighted by Gasteiger charge is -2.24. The van der Waals surface area contributed by atoms with E-state index in [1.54, 1.807) is 7.11 Å². The molecule has 0 bridgehead atoms. The number of methoxy groups -OCH3 is 1. The zero-order valence-corrected chi connectivity index (χ0v) is 12.2. The van der Waals surface area contributed by atoms with Crippen molar-refractivity contribution in [2.75, 3.05) is 19.1 Å². The Morgan fingerprint density at radius 3 is 2.35 bits per heavy atom. The van der Waals surface area contributed by atoms with Crippen LogP contribution in [0.25, 0.3) is 0 Å². The van der Waals surface area contributed by atoms with Gasteiger partial charge in [0.1, 0.15) is 5.75 Å². The van der Waals surface area contributed by atoms with E-state index in [-0.39, 0.29) is 0 Å². The highest BCUT2D eigenvalue weighted by atomic mass is 16.5. The first-order chi connectivity index (χ1) is 9.67. The average molecular weight is 271 g/mol. The molecule has 0 radical (unpaired) electrons. The normalized spacial score (nSPS) is 12.0. The number of ether oxygens (including phenoxy) is 1. The standard InChI is InChI=1S/C17H21NO2/c1-4-17(19)15-7-5-6-8-16(15)18(2)13-9-11-14(20-3)12-10-13/h5-12,17,19H,4H2,1-3H3/t17-/m1/s1. The van der Waals surface area contributed by atoms with Gasteiger partial charge in [-0.25, -0.2) is 0 Å². The summed E-state index contributed by atoms with van der Waals surface area (Å²) in [5, 5.41) is 10.1. The van der Waals surface area contributed by atoms with Crippen molar-refractivity contribution in [1.29, 1.82) is 0 Å². The maximum absolute atomic E-state index is 10.1. The van der Waals surface area contributed by atoms with E-state index in [2.05, 4.69) is 4.90 Å². The molecule has 0 aliphatic heterocycles. The van der Waals surface area contributed by atoms with Crippen LogP contribution in [-0.2, 0) is 0 Å². The molecule has 2 aromatic carbocycles. The largest absolute Gasteiger partial charge is 0.497 e. The van der Waals surface area contributed by atoms with Crippen LogP contribution in [0.3, 0.4) is 0 Å². The van der Waals surface area contributed by atoms with E-state index in [0.29, 0.717) is 6.42 Å². The molecule has 0 aliphatic carbocycles. The molecule has 0 saturated heterocycles. The topological polar surface area (TPSA) is 32.7 Å². The van der Waals surface area contributed by atoms with Crippen molar-refractivity contribution in [2.45, 2.75) is 19.4 Å². The van der Waals surface area contributed by atoms with Crippen molar-refractivity contribution in [1.82, 2.24) is 0 Å². The van der Waals surface area contributed by atoms with Crippen LogP contribution in [0.4, 0.5) is 11.4 Å². The summed E-state index contributed by atoms with van der Waals surface area (Å²) in [4.78, 5) is 2.08. The van der Waals surface area contributed by atoms with Crippen molar-refractivity contribution in [3.63, 3.8) is 0 Å². The first-order valence-corrected chi connectivity index (χ1v) is 6.82. The van der Waals surface area contributed by atoms with Gasteiger partial charge in [-0.15, -0.1) is 0 Å². The van der Waals surface area contributed by atoms with Gasteiger partial charge in [0, 0.05) is 24.0 Å². The number of anilines is 2. The van der Waals surface area contributed by atoms with E-state index in [0.717, 1.165) is 22.7 Å². The highest BCUT2D eigenvalue weighted by Gasteiger charge is 2.14. The first kappa shape index (κ1) is 14.4. The molecule has 0 fully saturated rings. The maximum atomic E-state index is 10.1. The predicted octanol–water partition coefficient (Wildman–Crippen LogP) is 3.91. The molecule has 20 heavy (non-hydrogen) atoms. The van der Waals surface area contributed by atoms with Crippen LogP contribution in [0.5, 0.6) is 5.75 Å². The molecule has 0 amide bonds. The van der Waals surface area contributed by atoms with Crippen molar-refractivity contribution < 1.29 is 9.84 Å². The van der Waals surface area contributed by atoms with E-state index in [4.69, 9.17) is 4.74 Å². The third kappa shape index (κ3) is 2.94. The minimum Gasteiger partial charge on any atom is -0.497 e. The van der Waals surface area contributed by atoms with Gasteiger partial charge in [-0.3, -0.25) is 0 Å². The van der Waals surface area contributed by atoms with Gasteiger partial charge in [0.2, 0.25) is 0 Å². The molecule has 1 N–H and O–H groups in total. The second kappa shape index (κ2) is 6.44. The molecule has 1 atom stereocenters. The predicted molar refractivity (Wildman–Crippen MR) is 82.7 cm³/mol. The van der Waals surface area contributed by atoms with Gasteiger partial charge >= 0.3 is 0 Å². The van der Waals surface area contributed by atoms with Gasteiger partial charge in [-0.05, 0) is 36.8 Å². The minimum atomic E-state index is -0.438. The summed E-state index contributed by atoms with van der Waals surface area (Å²) in [6.45, 7) is 1.98. The fraction of sp³-hybridized carbons (Fsp3) is 0.294. The zero-order chi connectivity index (χ0) is 14.5. The molecular formula is C17H21NO2. The number of para-hydroxylation sites is 1. The van der Waals surface area contributed by atoms with Gasteiger partial charge in [0.05, 0.1) is 13.2 Å². The van der Waals surface area contributed by atoms with Gasteiger partial charge < -0.3 is 14.7 Å². The minimum absolute atomic E-state index is 0.438. The summed E-state index contributed by atoms with van der Waals surface area (Å²) in [6, 6.07) is 15.8. The van der Waals surface area contributed by atoms with Crippen molar-refractivity contribution in [3.05, 3.63) is 54.1 Å². The summed E-state index contributed by atoms with van der Waals surface area (Å²) in [5.74, 6) is 0.837. The third-order valence-corrected chi connectivity index (χ3v) is 3.50. The third-order valence-electron chi connectivity index (χ3n) is 3.50. The number of benzene rings is 2. The molecule has 2 rings (SSSR count). The molecular weight excluding hydrogens is 250 g/mol. The lowest BCUT2D eigenvalue weighted by Crippen LogP contribution is -2.13. The monoisotopic (exact) mass is 271 g/mol. The van der Waals surface area contributed by atoms with Crippen LogP contribution < -0.4 is 9.64 Å². The number of aliphatic hydroxyl groups excluding tert-OH is 1. The number of hydrogen-bond donors (Lipinski definition) is 1. The smallest absolute Gasteiger partial charge is 0.119 e. The molecule has 106 valence electrons. The quantitative estimate of drug-likeness (QED) is 0.895. The zero-order valence-electron chi connectivity index (χ0n) is 12.2. The fourth-order valence-electron chi connectivity index (χ4n) is 2.24. The summed E-state index contributed by atoms with van der Waals surface area (Å²) < 4.78 is 5.18. The number of rotatable bonds is 5. The Morgan fingerprint density at radius 2 is 1.75 bits per heavy atom. The SMILES string of the molecule is CC[C@@H](O)c1ccccc1N(C)c1ccc(OC)cc1. The van der Waals surface area contributed by atoms with Crippen LogP contribution >= 0.6 is 0 Å². The molecule has 0 heterocycles. The van der Waals surface area contributed by atoms with Crippen LogP contribution in [0.15, 0.2) is 48.5 Å². The maximum Gasteiger partial charge on any atom is 0.119 e. The molecule has 3 nitrogen and oxygen atoms in total. The van der Waals surface area contributed by atoms with E-state index in [1.807, 2.05) is 62.5 Å². The van der Waals surface area contributed by atoms with Crippen molar-refractivity contribution in [2.24, 2.45) is 0 Å². The fourth-order valence-corrected chi connectivity index (χ4v) is 2.24. The summed E-state index contributed by atoms with van der Waals surface area (Å²) in [7, 11) is 3.66. The van der Waals surface area contributed by atoms with Crippen LogP contribution in [0.2, 0.25) is 0 Å². The van der Waals surface area contributed by atoms with E-state index in [9.17, 15) is 5.11 Å². The lowest BCUT2D eigenvalue weighted by atomic mass is 10.0. The molecule has 0 aliphatic rings. The van der Waals surface area contributed by atoms with Crippen LogP contribution in [-0.4, -0.2) is 19.3 Å². The van der Waals surface area contributed by atoms with E-state index >= 15 is 0 Å². The Hall–Kier alpha value is -2.00. The highest BCUT2D eigenvalue weighted by molar-refractivity contribution is 5.66. The Kier molecular flexibility index (Phi) is 4.64. The second-order valence-corrected chi connectivity index (χ2v) is 4.74. The number of hydrogen-bond acceptors (Lipinski definition) is 3. The molecule has 0 aromatic heterocycles. The van der Waals surface area contributed by atoms with Gasteiger partial charge in [-0.1, -0.05) is 25.1 Å². The van der Waals surface area contributed by atoms with E-state index < -0.39 is 6.10 Å². The second-order valence-electron chi connectivity index (χ2n) is 4.74. The number of aliphatic hydroxyl groups is 1. The Bertz CT molecular complexity index is 551. The number of nitrogens with zero attached hydrogens (tertiary/aromatic N) is 1. The van der Waals surface area contributed by atoms with Gasteiger partial charge in [-0.2, -0.15) is 0 Å². The average Bonchev–Trinajstić information content (AvgIpc) is 2.53.